The average molecular weight is 708 g/mol. The minimum absolute atomic E-state index is 0.129. The molecule has 0 bridgehead atoms. The van der Waals surface area contributed by atoms with E-state index in [2.05, 4.69) is 21.3 Å². The SMILES string of the molecule is CCCCC(CO[P+](=O)OC(C)C(=O)OC(=O)[C@@H]1CCCN1)NC(=O)C(CCCCNC(=O)OCc1ccccc1)NC(=O)C1CCCC1. The van der Waals surface area contributed by atoms with Crippen molar-refractivity contribution in [2.45, 2.75) is 122 Å². The summed E-state index contributed by atoms with van der Waals surface area (Å²) >= 11 is 0. The van der Waals surface area contributed by atoms with Gasteiger partial charge in [-0.2, -0.15) is 0 Å². The number of hydrogen-bond acceptors (Lipinski definition) is 11. The van der Waals surface area contributed by atoms with Crippen LogP contribution < -0.4 is 21.3 Å². The summed E-state index contributed by atoms with van der Waals surface area (Å²) in [5.41, 5.74) is 0.881. The van der Waals surface area contributed by atoms with Crippen LogP contribution >= 0.6 is 8.25 Å². The van der Waals surface area contributed by atoms with Gasteiger partial charge in [-0.15, -0.1) is 9.05 Å². The Morgan fingerprint density at radius 3 is 2.41 bits per heavy atom. The van der Waals surface area contributed by atoms with Crippen molar-refractivity contribution >= 4 is 38.1 Å². The number of ether oxygens (including phenoxy) is 2. The highest BCUT2D eigenvalue weighted by Gasteiger charge is 2.35. The van der Waals surface area contributed by atoms with Crippen LogP contribution in [0, 0.1) is 5.92 Å². The fraction of sp³-hybridized carbons (Fsp3) is 0.676. The molecular formula is C34H52N4O10P+. The summed E-state index contributed by atoms with van der Waals surface area (Å²) in [6.45, 7) is 4.31. The normalized spacial score (nSPS) is 18.2. The third-order valence-electron chi connectivity index (χ3n) is 8.52. The number of esters is 2. The summed E-state index contributed by atoms with van der Waals surface area (Å²) in [5.74, 6) is -2.35. The quantitative estimate of drug-likeness (QED) is 0.0616. The van der Waals surface area contributed by atoms with Crippen LogP contribution in [0.4, 0.5) is 4.79 Å². The topological polar surface area (TPSA) is 187 Å². The molecule has 1 aliphatic carbocycles. The lowest BCUT2D eigenvalue weighted by atomic mass is 10.0. The molecule has 272 valence electrons. The monoisotopic (exact) mass is 707 g/mol. The highest BCUT2D eigenvalue weighted by molar-refractivity contribution is 7.33. The molecule has 14 nitrogen and oxygen atoms in total. The van der Waals surface area contributed by atoms with Crippen molar-refractivity contribution in [3.05, 3.63) is 35.9 Å². The van der Waals surface area contributed by atoms with E-state index in [1.807, 2.05) is 37.3 Å². The molecule has 15 heteroatoms. The molecule has 2 fully saturated rings. The molecule has 2 aliphatic rings. The molecular weight excluding hydrogens is 655 g/mol. The first kappa shape index (κ1) is 40.0. The van der Waals surface area contributed by atoms with Crippen molar-refractivity contribution in [1.82, 2.24) is 21.3 Å². The lowest BCUT2D eigenvalue weighted by Gasteiger charge is -2.23. The van der Waals surface area contributed by atoms with E-state index in [0.29, 0.717) is 45.2 Å². The van der Waals surface area contributed by atoms with Gasteiger partial charge in [0.1, 0.15) is 25.3 Å². The van der Waals surface area contributed by atoms with E-state index < -0.39 is 56.4 Å². The smallest absolute Gasteiger partial charge is 0.445 e. The molecule has 3 amide bonds. The molecule has 0 radical (unpaired) electrons. The summed E-state index contributed by atoms with van der Waals surface area (Å²) in [6, 6.07) is 7.44. The maximum Gasteiger partial charge on any atom is 0.698 e. The van der Waals surface area contributed by atoms with E-state index in [0.717, 1.165) is 50.5 Å². The first-order valence-corrected chi connectivity index (χ1v) is 18.6. The minimum atomic E-state index is -2.77. The molecule has 1 aromatic rings. The van der Waals surface area contributed by atoms with Crippen molar-refractivity contribution in [1.29, 1.82) is 0 Å². The Kier molecular flexibility index (Phi) is 18.2. The molecule has 1 heterocycles. The second-order valence-corrected chi connectivity index (χ2v) is 13.4. The van der Waals surface area contributed by atoms with Crippen LogP contribution in [0.3, 0.4) is 0 Å². The molecule has 1 saturated carbocycles. The first-order valence-electron chi connectivity index (χ1n) is 17.5. The summed E-state index contributed by atoms with van der Waals surface area (Å²) in [4.78, 5) is 63.0. The van der Waals surface area contributed by atoms with E-state index in [1.165, 1.54) is 6.92 Å². The predicted octanol–water partition coefficient (Wildman–Crippen LogP) is 4.33. The van der Waals surface area contributed by atoms with Crippen molar-refractivity contribution in [2.24, 2.45) is 5.92 Å². The maximum absolute atomic E-state index is 13.5. The zero-order chi connectivity index (χ0) is 35.4. The molecule has 49 heavy (non-hydrogen) atoms. The molecule has 1 aliphatic heterocycles. The Morgan fingerprint density at radius 2 is 1.71 bits per heavy atom. The van der Waals surface area contributed by atoms with E-state index in [4.69, 9.17) is 18.5 Å². The molecule has 0 aromatic heterocycles. The Labute approximate surface area is 289 Å². The van der Waals surface area contributed by atoms with Crippen LogP contribution in [-0.2, 0) is 48.9 Å². The van der Waals surface area contributed by atoms with Gasteiger partial charge in [0.05, 0.1) is 6.04 Å². The van der Waals surface area contributed by atoms with Crippen LogP contribution in [0.2, 0.25) is 0 Å². The van der Waals surface area contributed by atoms with E-state index >= 15 is 0 Å². The minimum Gasteiger partial charge on any atom is -0.445 e. The molecule has 3 rings (SSSR count). The lowest BCUT2D eigenvalue weighted by molar-refractivity contribution is -0.165. The summed E-state index contributed by atoms with van der Waals surface area (Å²) in [7, 11) is -2.77. The van der Waals surface area contributed by atoms with Crippen molar-refractivity contribution in [2.75, 3.05) is 19.7 Å². The summed E-state index contributed by atoms with van der Waals surface area (Å²) < 4.78 is 33.2. The number of benzene rings is 1. The molecule has 5 atom stereocenters. The zero-order valence-electron chi connectivity index (χ0n) is 28.6. The van der Waals surface area contributed by atoms with Crippen LogP contribution in [0.25, 0.3) is 0 Å². The highest BCUT2D eigenvalue weighted by atomic mass is 31.1. The predicted molar refractivity (Wildman–Crippen MR) is 180 cm³/mol. The number of alkyl carbamates (subject to hydrolysis) is 1. The summed E-state index contributed by atoms with van der Waals surface area (Å²) in [5, 5.41) is 11.5. The largest absolute Gasteiger partial charge is 0.698 e. The van der Waals surface area contributed by atoms with Gasteiger partial charge in [-0.25, -0.2) is 14.4 Å². The molecule has 4 N–H and O–H groups in total. The second kappa shape index (κ2) is 22.3. The van der Waals surface area contributed by atoms with Gasteiger partial charge in [-0.3, -0.25) is 9.59 Å². The Balaban J connectivity index is 1.47. The van der Waals surface area contributed by atoms with Gasteiger partial charge >= 0.3 is 26.3 Å². The molecule has 1 aromatic carbocycles. The third-order valence-corrected chi connectivity index (χ3v) is 9.36. The zero-order valence-corrected chi connectivity index (χ0v) is 29.5. The van der Waals surface area contributed by atoms with E-state index in [1.54, 1.807) is 0 Å². The number of hydrogen-bond donors (Lipinski definition) is 4. The molecule has 0 spiro atoms. The first-order chi connectivity index (χ1) is 23.7. The number of amides is 3. The standard InChI is InChI=1S/C34H51N4O10P/c1-3-4-17-27(23-46-49(44)48-24(2)32(41)47-33(42)29-19-12-21-35-29)37-31(40)28(38-30(39)26-15-8-9-16-26)18-10-11-20-36-34(43)45-22-25-13-6-5-7-14-25/h5-7,13-14,24,26-29,35H,3-4,8-12,15-23H2,1-2H3,(H2-,36,37,38,39,40,43)/p+1/t24?,27?,28?,29-/m0/s1. The fourth-order valence-corrected chi connectivity index (χ4v) is 6.33. The Bertz CT molecular complexity index is 1220. The number of unbranched alkanes of at least 4 members (excludes halogenated alkanes) is 2. The highest BCUT2D eigenvalue weighted by Crippen LogP contribution is 2.28. The third kappa shape index (κ3) is 15.3. The Hall–Kier alpha value is -3.45. The van der Waals surface area contributed by atoms with E-state index in [-0.39, 0.29) is 25.0 Å². The Morgan fingerprint density at radius 1 is 0.959 bits per heavy atom. The number of carbonyl (C=O) groups is 5. The van der Waals surface area contributed by atoms with Gasteiger partial charge in [0.15, 0.2) is 0 Å². The average Bonchev–Trinajstić information content (AvgIpc) is 3.84. The number of rotatable bonds is 21. The maximum atomic E-state index is 13.5. The van der Waals surface area contributed by atoms with Gasteiger partial charge in [-0.05, 0) is 70.4 Å². The lowest BCUT2D eigenvalue weighted by Crippen LogP contribution is -2.51. The molecule has 4 unspecified atom stereocenters. The summed E-state index contributed by atoms with van der Waals surface area (Å²) in [6.07, 6.45) is 6.60. The number of nitrogens with one attached hydrogen (secondary N) is 4. The van der Waals surface area contributed by atoms with Crippen LogP contribution in [-0.4, -0.2) is 73.8 Å². The van der Waals surface area contributed by atoms with Gasteiger partial charge in [0.2, 0.25) is 17.9 Å². The van der Waals surface area contributed by atoms with Gasteiger partial charge in [0.25, 0.3) is 0 Å². The van der Waals surface area contributed by atoms with Gasteiger partial charge < -0.3 is 30.7 Å². The fourth-order valence-electron chi connectivity index (χ4n) is 5.63. The van der Waals surface area contributed by atoms with Crippen molar-refractivity contribution in [3.8, 4) is 0 Å². The van der Waals surface area contributed by atoms with Gasteiger partial charge in [-0.1, -0.05) is 62.9 Å². The van der Waals surface area contributed by atoms with Crippen molar-refractivity contribution < 1.29 is 47.1 Å². The van der Waals surface area contributed by atoms with Gasteiger partial charge in [0, 0.05) is 17.0 Å². The molecule has 1 saturated heterocycles. The van der Waals surface area contributed by atoms with Crippen LogP contribution in [0.5, 0.6) is 0 Å². The van der Waals surface area contributed by atoms with Crippen LogP contribution in [0.1, 0.15) is 96.5 Å². The van der Waals surface area contributed by atoms with E-state index in [9.17, 15) is 28.5 Å². The number of carbonyl (C=O) groups excluding carboxylic acids is 5. The van der Waals surface area contributed by atoms with Crippen LogP contribution in [0.15, 0.2) is 30.3 Å². The van der Waals surface area contributed by atoms with Crippen molar-refractivity contribution in [3.63, 3.8) is 0 Å². The second-order valence-electron chi connectivity index (χ2n) is 12.5.